The number of aryl methyl sites for hydroxylation is 2. The van der Waals surface area contributed by atoms with Crippen LogP contribution in [0.3, 0.4) is 0 Å². The maximum Gasteiger partial charge on any atom is 0.311 e. The fraction of sp³-hybridized carbons (Fsp3) is 0.480. The van der Waals surface area contributed by atoms with E-state index in [9.17, 15) is 10.1 Å². The number of ether oxygens (including phenoxy) is 1. The van der Waals surface area contributed by atoms with Crippen molar-refractivity contribution in [2.75, 3.05) is 0 Å². The third-order valence-corrected chi connectivity index (χ3v) is 8.02. The van der Waals surface area contributed by atoms with Crippen molar-refractivity contribution >= 4 is 30.6 Å². The highest BCUT2D eigenvalue weighted by molar-refractivity contribution is 6.88. The van der Waals surface area contributed by atoms with Gasteiger partial charge in [-0.2, -0.15) is 10.4 Å². The molecule has 0 atom stereocenters. The Balaban J connectivity index is 2.04. The molecular formula is C25H33N3O2Si. The van der Waals surface area contributed by atoms with Gasteiger partial charge in [0.15, 0.2) is 5.76 Å². The molecule has 1 aromatic heterocycles. The Bertz CT molecular complexity index is 1000. The summed E-state index contributed by atoms with van der Waals surface area (Å²) in [5.41, 5.74) is 2.63. The molecule has 1 heterocycles. The van der Waals surface area contributed by atoms with E-state index in [-0.39, 0.29) is 5.97 Å². The number of allylic oxidation sites excluding steroid dienone is 1. The number of hydrogen-bond acceptors (Lipinski definition) is 4. The van der Waals surface area contributed by atoms with Gasteiger partial charge >= 0.3 is 5.97 Å². The van der Waals surface area contributed by atoms with Gasteiger partial charge in [-0.3, -0.25) is 9.48 Å². The summed E-state index contributed by atoms with van der Waals surface area (Å²) in [6.07, 6.45) is 4.90. The Morgan fingerprint density at radius 3 is 2.42 bits per heavy atom. The second-order valence-electron chi connectivity index (χ2n) is 9.46. The molecule has 1 aliphatic carbocycles. The highest BCUT2D eigenvalue weighted by atomic mass is 28.3. The summed E-state index contributed by atoms with van der Waals surface area (Å²) in [5.74, 6) is 0.428. The molecule has 0 spiro atoms. The van der Waals surface area contributed by atoms with E-state index in [4.69, 9.17) is 4.74 Å². The number of benzene rings is 1. The molecule has 6 heteroatoms. The van der Waals surface area contributed by atoms with E-state index in [0.717, 1.165) is 24.1 Å². The molecule has 3 rings (SSSR count). The van der Waals surface area contributed by atoms with Crippen LogP contribution < -0.4 is 5.19 Å². The predicted molar refractivity (Wildman–Crippen MR) is 127 cm³/mol. The molecule has 0 N–H and O–H groups in total. The van der Waals surface area contributed by atoms with E-state index in [1.165, 1.54) is 18.0 Å². The summed E-state index contributed by atoms with van der Waals surface area (Å²) in [6, 6.07) is 12.3. The van der Waals surface area contributed by atoms with Crippen molar-refractivity contribution in [3.05, 3.63) is 47.3 Å². The van der Waals surface area contributed by atoms with E-state index >= 15 is 0 Å². The van der Waals surface area contributed by atoms with E-state index in [2.05, 4.69) is 42.9 Å². The van der Waals surface area contributed by atoms with Gasteiger partial charge in [-0.15, -0.1) is 0 Å². The minimum absolute atomic E-state index is 0.269. The second kappa shape index (κ2) is 9.65. The van der Waals surface area contributed by atoms with E-state index in [0.29, 0.717) is 35.9 Å². The summed E-state index contributed by atoms with van der Waals surface area (Å²) in [4.78, 5) is 12.8. The lowest BCUT2D eigenvalue weighted by Gasteiger charge is -2.17. The first kappa shape index (κ1) is 23.0. The van der Waals surface area contributed by atoms with Crippen LogP contribution in [-0.4, -0.2) is 23.8 Å². The maximum absolute atomic E-state index is 12.8. The summed E-state index contributed by atoms with van der Waals surface area (Å²) >= 11 is 0. The minimum Gasteiger partial charge on any atom is -0.423 e. The number of esters is 1. The van der Waals surface area contributed by atoms with Gasteiger partial charge in [0.2, 0.25) is 0 Å². The number of nitrogens with zero attached hydrogens (tertiary/aromatic N) is 3. The van der Waals surface area contributed by atoms with Crippen molar-refractivity contribution < 1.29 is 9.53 Å². The molecular weight excluding hydrogens is 402 g/mol. The van der Waals surface area contributed by atoms with E-state index < -0.39 is 8.07 Å². The van der Waals surface area contributed by atoms with Crippen LogP contribution >= 0.6 is 0 Å². The van der Waals surface area contributed by atoms with Gasteiger partial charge in [-0.05, 0) is 44.2 Å². The van der Waals surface area contributed by atoms with Crippen LogP contribution in [0.25, 0.3) is 11.3 Å². The molecule has 0 aliphatic heterocycles. The molecule has 0 radical (unpaired) electrons. The molecule has 2 aromatic rings. The molecule has 1 fully saturated rings. The Hall–Kier alpha value is -2.65. The largest absolute Gasteiger partial charge is 0.423 e. The molecule has 31 heavy (non-hydrogen) atoms. The third kappa shape index (κ3) is 5.53. The molecule has 5 nitrogen and oxygen atoms in total. The molecule has 1 aromatic carbocycles. The van der Waals surface area contributed by atoms with Crippen LogP contribution in [0.2, 0.25) is 19.6 Å². The summed E-state index contributed by atoms with van der Waals surface area (Å²) in [5, 5.41) is 15.9. The molecule has 0 unspecified atom stereocenters. The van der Waals surface area contributed by atoms with Crippen molar-refractivity contribution in [1.82, 2.24) is 9.78 Å². The lowest BCUT2D eigenvalue weighted by Crippen LogP contribution is -2.37. The smallest absolute Gasteiger partial charge is 0.311 e. The standard InChI is InChI=1S/C25H33N3O2Si/c1-6-28-23(15-18(2)27-28)25(30-24(29)16-19-9-7-8-10-19)22(17-26)20-11-13-21(14-12-20)31(3,4)5/h11-15,19H,6-10,16H2,1-5H3/b25-22+. The Morgan fingerprint density at radius 1 is 1.23 bits per heavy atom. The van der Waals surface area contributed by atoms with Crippen LogP contribution in [0.1, 0.15) is 56.0 Å². The van der Waals surface area contributed by atoms with Crippen LogP contribution in [0.15, 0.2) is 30.3 Å². The first-order valence-corrected chi connectivity index (χ1v) is 14.7. The van der Waals surface area contributed by atoms with Crippen molar-refractivity contribution in [1.29, 1.82) is 5.26 Å². The van der Waals surface area contributed by atoms with Gasteiger partial charge in [0.05, 0.1) is 13.8 Å². The highest BCUT2D eigenvalue weighted by Crippen LogP contribution is 2.31. The molecule has 164 valence electrons. The lowest BCUT2D eigenvalue weighted by molar-refractivity contribution is -0.137. The highest BCUT2D eigenvalue weighted by Gasteiger charge is 2.25. The molecule has 1 aliphatic rings. The number of carbonyl (C=O) groups excluding carboxylic acids is 1. The zero-order chi connectivity index (χ0) is 22.6. The van der Waals surface area contributed by atoms with Gasteiger partial charge in [0, 0.05) is 13.0 Å². The zero-order valence-electron chi connectivity index (χ0n) is 19.4. The van der Waals surface area contributed by atoms with Crippen LogP contribution in [0.4, 0.5) is 0 Å². The SMILES string of the molecule is CCn1nc(C)cc1/C(OC(=O)CC1CCCC1)=C(/C#N)c1ccc([Si](C)(C)C)cc1. The van der Waals surface area contributed by atoms with Crippen molar-refractivity contribution in [3.8, 4) is 6.07 Å². The van der Waals surface area contributed by atoms with Gasteiger partial charge < -0.3 is 4.74 Å². The topological polar surface area (TPSA) is 67.9 Å². The average molecular weight is 436 g/mol. The fourth-order valence-corrected chi connectivity index (χ4v) is 5.36. The Kier molecular flexibility index (Phi) is 7.17. The third-order valence-electron chi connectivity index (χ3n) is 5.96. The number of rotatable bonds is 7. The van der Waals surface area contributed by atoms with Crippen molar-refractivity contribution in [2.24, 2.45) is 5.92 Å². The Morgan fingerprint density at radius 2 is 1.87 bits per heavy atom. The van der Waals surface area contributed by atoms with E-state index in [1.807, 2.05) is 32.0 Å². The number of aromatic nitrogens is 2. The molecule has 0 bridgehead atoms. The van der Waals surface area contributed by atoms with E-state index in [1.54, 1.807) is 4.68 Å². The monoisotopic (exact) mass is 435 g/mol. The number of nitriles is 1. The zero-order valence-corrected chi connectivity index (χ0v) is 20.4. The van der Waals surface area contributed by atoms with Crippen LogP contribution in [0.5, 0.6) is 0 Å². The summed E-state index contributed by atoms with van der Waals surface area (Å²) < 4.78 is 7.72. The fourth-order valence-electron chi connectivity index (χ4n) is 4.19. The lowest BCUT2D eigenvalue weighted by atomic mass is 10.0. The van der Waals surface area contributed by atoms with Crippen molar-refractivity contribution in [3.63, 3.8) is 0 Å². The molecule has 0 amide bonds. The van der Waals surface area contributed by atoms with Gasteiger partial charge in [-0.1, -0.05) is 61.9 Å². The first-order valence-electron chi connectivity index (χ1n) is 11.2. The second-order valence-corrected chi connectivity index (χ2v) is 14.5. The Labute approximate surface area is 186 Å². The van der Waals surface area contributed by atoms with Crippen LogP contribution in [0, 0.1) is 24.2 Å². The normalized spacial score (nSPS) is 15.5. The quantitative estimate of drug-likeness (QED) is 0.257. The van der Waals surface area contributed by atoms with Crippen molar-refractivity contribution in [2.45, 2.75) is 72.1 Å². The van der Waals surface area contributed by atoms with Gasteiger partial charge in [-0.25, -0.2) is 0 Å². The van der Waals surface area contributed by atoms with Gasteiger partial charge in [0.25, 0.3) is 0 Å². The number of hydrogen-bond donors (Lipinski definition) is 0. The number of carbonyl (C=O) groups is 1. The van der Waals surface area contributed by atoms with Gasteiger partial charge in [0.1, 0.15) is 17.3 Å². The summed E-state index contributed by atoms with van der Waals surface area (Å²) in [6.45, 7) is 11.4. The average Bonchev–Trinajstić information content (AvgIpc) is 3.36. The maximum atomic E-state index is 12.8. The molecule has 1 saturated carbocycles. The van der Waals surface area contributed by atoms with Crippen LogP contribution in [-0.2, 0) is 16.1 Å². The predicted octanol–water partition coefficient (Wildman–Crippen LogP) is 5.27. The molecule has 0 saturated heterocycles. The minimum atomic E-state index is -1.45. The summed E-state index contributed by atoms with van der Waals surface area (Å²) in [7, 11) is -1.45. The first-order chi connectivity index (χ1) is 14.7.